The molecule has 0 atom stereocenters. The van der Waals surface area contributed by atoms with E-state index < -0.39 is 0 Å². The minimum atomic E-state index is -0.105. The highest BCUT2D eigenvalue weighted by atomic mass is 15.2. The zero-order chi connectivity index (χ0) is 46.1. The van der Waals surface area contributed by atoms with Gasteiger partial charge in [-0.05, 0) is 152 Å². The van der Waals surface area contributed by atoms with Gasteiger partial charge in [0.2, 0.25) is 0 Å². The standard InChI is InChI=1S/C64H60N2/c1-41-21-33-53(63(5,6)7)59(37-41)65(57-39-49(25-23-43(57)3)45-17-13-11-14-18-45)55-35-29-47-28-32-52-56(36-30-48-27-31-51(55)61(47)62(48)52)66(60-38-42(2)22-34-54(60)64(8,9)10)58-40-50(26-24-44(58)4)46-19-15-12-16-20-46/h11-40H,1-10H3. The number of hydrogen-bond donors (Lipinski definition) is 0. The first-order valence-corrected chi connectivity index (χ1v) is 23.5. The van der Waals surface area contributed by atoms with Crippen molar-refractivity contribution in [3.63, 3.8) is 0 Å². The minimum absolute atomic E-state index is 0.105. The lowest BCUT2D eigenvalue weighted by Gasteiger charge is -2.35. The van der Waals surface area contributed by atoms with Gasteiger partial charge < -0.3 is 9.80 Å². The summed E-state index contributed by atoms with van der Waals surface area (Å²) in [5, 5.41) is 7.50. The molecule has 0 saturated carbocycles. The van der Waals surface area contributed by atoms with E-state index in [1.807, 2.05) is 0 Å². The molecular weight excluding hydrogens is 797 g/mol. The lowest BCUT2D eigenvalue weighted by molar-refractivity contribution is 0.590. The molecule has 0 saturated heterocycles. The highest BCUT2D eigenvalue weighted by Gasteiger charge is 2.29. The van der Waals surface area contributed by atoms with Gasteiger partial charge in [-0.15, -0.1) is 0 Å². The second-order valence-electron chi connectivity index (χ2n) is 20.5. The SMILES string of the molecule is Cc1ccc(C(C)(C)C)c(N(c2cc(-c3ccccc3)ccc2C)c2ccc3ccc4c(N(c5cc(-c6ccccc6)ccc5C)c5cc(C)ccc5C(C)(C)C)ccc5ccc2c3c54)c1. The van der Waals surface area contributed by atoms with Gasteiger partial charge >= 0.3 is 0 Å². The fraction of sp³-hybridized carbons (Fsp3) is 0.188. The van der Waals surface area contributed by atoms with Gasteiger partial charge in [0.15, 0.2) is 0 Å². The summed E-state index contributed by atoms with van der Waals surface area (Å²) in [6, 6.07) is 68.3. The van der Waals surface area contributed by atoms with E-state index in [1.54, 1.807) is 0 Å². The molecule has 2 heteroatoms. The molecule has 0 radical (unpaired) electrons. The summed E-state index contributed by atoms with van der Waals surface area (Å²) in [5.41, 5.74) is 19.3. The molecule has 0 bridgehead atoms. The summed E-state index contributed by atoms with van der Waals surface area (Å²) in [7, 11) is 0. The summed E-state index contributed by atoms with van der Waals surface area (Å²) < 4.78 is 0. The van der Waals surface area contributed by atoms with Gasteiger partial charge in [0.25, 0.3) is 0 Å². The Bertz CT molecular complexity index is 3190. The Kier molecular flexibility index (Phi) is 10.6. The van der Waals surface area contributed by atoms with Crippen LogP contribution in [0.4, 0.5) is 34.1 Å². The van der Waals surface area contributed by atoms with E-state index in [0.29, 0.717) is 0 Å². The van der Waals surface area contributed by atoms with E-state index in [-0.39, 0.29) is 10.8 Å². The van der Waals surface area contributed by atoms with E-state index in [0.717, 1.165) is 0 Å². The van der Waals surface area contributed by atoms with Crippen LogP contribution in [0.5, 0.6) is 0 Å². The molecule has 0 aliphatic carbocycles. The largest absolute Gasteiger partial charge is 0.309 e. The molecule has 0 spiro atoms. The van der Waals surface area contributed by atoms with Crippen LogP contribution in [0.15, 0.2) is 182 Å². The maximum absolute atomic E-state index is 2.56. The maximum Gasteiger partial charge on any atom is 0.0540 e. The van der Waals surface area contributed by atoms with Crippen molar-refractivity contribution in [2.24, 2.45) is 0 Å². The molecule has 10 aromatic carbocycles. The average molecular weight is 857 g/mol. The predicted molar refractivity (Wildman–Crippen MR) is 287 cm³/mol. The van der Waals surface area contributed by atoms with Crippen LogP contribution in [0.25, 0.3) is 54.6 Å². The fourth-order valence-corrected chi connectivity index (χ4v) is 10.2. The monoisotopic (exact) mass is 856 g/mol. The first-order valence-electron chi connectivity index (χ1n) is 23.5. The Balaban J connectivity index is 1.28. The number of anilines is 6. The molecule has 0 aromatic heterocycles. The predicted octanol–water partition coefficient (Wildman–Crippen LogP) is 18.7. The number of hydrogen-bond acceptors (Lipinski definition) is 2. The van der Waals surface area contributed by atoms with Crippen LogP contribution in [0.3, 0.4) is 0 Å². The van der Waals surface area contributed by atoms with Gasteiger partial charge in [-0.25, -0.2) is 0 Å². The number of rotatable bonds is 8. The topological polar surface area (TPSA) is 6.48 Å². The van der Waals surface area contributed by atoms with Crippen molar-refractivity contribution in [2.45, 2.75) is 80.1 Å². The van der Waals surface area contributed by atoms with Gasteiger partial charge in [-0.3, -0.25) is 0 Å². The third kappa shape index (κ3) is 7.59. The average Bonchev–Trinajstić information content (AvgIpc) is 3.30. The second-order valence-corrected chi connectivity index (χ2v) is 20.5. The maximum atomic E-state index is 2.56. The van der Waals surface area contributed by atoms with Crippen LogP contribution in [-0.2, 0) is 10.8 Å². The van der Waals surface area contributed by atoms with Crippen LogP contribution in [0.2, 0.25) is 0 Å². The lowest BCUT2D eigenvalue weighted by atomic mass is 9.84. The molecule has 66 heavy (non-hydrogen) atoms. The summed E-state index contributed by atoms with van der Waals surface area (Å²) in [6.07, 6.45) is 0. The summed E-state index contributed by atoms with van der Waals surface area (Å²) in [4.78, 5) is 5.13. The summed E-state index contributed by atoms with van der Waals surface area (Å²) in [6.45, 7) is 23.0. The van der Waals surface area contributed by atoms with Crippen LogP contribution in [-0.4, -0.2) is 0 Å². The van der Waals surface area contributed by atoms with Crippen molar-refractivity contribution in [3.05, 3.63) is 215 Å². The highest BCUT2D eigenvalue weighted by Crippen LogP contribution is 2.51. The molecule has 2 nitrogen and oxygen atoms in total. The third-order valence-corrected chi connectivity index (χ3v) is 13.6. The molecule has 0 fully saturated rings. The van der Waals surface area contributed by atoms with Crippen LogP contribution >= 0.6 is 0 Å². The molecule has 10 aromatic rings. The lowest BCUT2D eigenvalue weighted by Crippen LogP contribution is -2.20. The van der Waals surface area contributed by atoms with Crippen molar-refractivity contribution in [2.75, 3.05) is 9.80 Å². The zero-order valence-electron chi connectivity index (χ0n) is 40.2. The quantitative estimate of drug-likeness (QED) is 0.141. The van der Waals surface area contributed by atoms with Crippen LogP contribution < -0.4 is 9.80 Å². The smallest absolute Gasteiger partial charge is 0.0540 e. The Morgan fingerprint density at radius 3 is 1.06 bits per heavy atom. The molecular formula is C64H60N2. The minimum Gasteiger partial charge on any atom is -0.309 e. The second kappa shape index (κ2) is 16.4. The number of benzene rings is 10. The first kappa shape index (κ1) is 42.8. The van der Waals surface area contributed by atoms with Crippen molar-refractivity contribution in [1.29, 1.82) is 0 Å². The number of aryl methyl sites for hydroxylation is 4. The Morgan fingerprint density at radius 2 is 0.682 bits per heavy atom. The van der Waals surface area contributed by atoms with Gasteiger partial charge in [-0.1, -0.05) is 187 Å². The Hall–Kier alpha value is -7.16. The van der Waals surface area contributed by atoms with Crippen molar-refractivity contribution in [3.8, 4) is 22.3 Å². The fourth-order valence-electron chi connectivity index (χ4n) is 10.2. The van der Waals surface area contributed by atoms with E-state index in [1.165, 1.54) is 122 Å². The van der Waals surface area contributed by atoms with Crippen LogP contribution in [0.1, 0.15) is 74.9 Å². The van der Waals surface area contributed by atoms with Gasteiger partial charge in [-0.2, -0.15) is 0 Å². The molecule has 326 valence electrons. The molecule has 0 amide bonds. The first-order chi connectivity index (χ1) is 31.7. The van der Waals surface area contributed by atoms with Crippen molar-refractivity contribution >= 4 is 66.4 Å². The highest BCUT2D eigenvalue weighted by molar-refractivity contribution is 6.28. The van der Waals surface area contributed by atoms with Crippen molar-refractivity contribution < 1.29 is 0 Å². The normalized spacial score (nSPS) is 12.1. The molecule has 0 aliphatic rings. The molecule has 0 aliphatic heterocycles. The van der Waals surface area contributed by atoms with E-state index >= 15 is 0 Å². The van der Waals surface area contributed by atoms with Crippen molar-refractivity contribution in [1.82, 2.24) is 0 Å². The van der Waals surface area contributed by atoms with Gasteiger partial charge in [0.1, 0.15) is 0 Å². The Morgan fingerprint density at radius 1 is 0.303 bits per heavy atom. The van der Waals surface area contributed by atoms with E-state index in [4.69, 9.17) is 0 Å². The van der Waals surface area contributed by atoms with E-state index in [9.17, 15) is 0 Å². The molecule has 0 unspecified atom stereocenters. The third-order valence-electron chi connectivity index (χ3n) is 13.6. The van der Waals surface area contributed by atoms with Crippen LogP contribution in [0, 0.1) is 27.7 Å². The van der Waals surface area contributed by atoms with Gasteiger partial charge in [0.05, 0.1) is 22.7 Å². The number of nitrogens with zero attached hydrogens (tertiary/aromatic N) is 2. The summed E-state index contributed by atoms with van der Waals surface area (Å²) in [5.74, 6) is 0. The molecule has 0 heterocycles. The van der Waals surface area contributed by atoms with Gasteiger partial charge in [0, 0.05) is 22.1 Å². The zero-order valence-corrected chi connectivity index (χ0v) is 40.2. The summed E-state index contributed by atoms with van der Waals surface area (Å²) >= 11 is 0. The molecule has 10 rings (SSSR count). The Labute approximate surface area is 392 Å². The van der Waals surface area contributed by atoms with E-state index in [2.05, 4.69) is 261 Å². The molecule has 0 N–H and O–H groups in total.